The predicted octanol–water partition coefficient (Wildman–Crippen LogP) is 1.61. The van der Waals surface area contributed by atoms with Crippen molar-refractivity contribution in [2.45, 2.75) is 0 Å². The van der Waals surface area contributed by atoms with E-state index in [2.05, 4.69) is 0 Å². The number of hydrogen-bond donors (Lipinski definition) is 4. The van der Waals surface area contributed by atoms with Gasteiger partial charge in [0.05, 0.1) is 22.4 Å². The number of carbonyl (C=O) groups is 2. The molecule has 0 aliphatic rings. The van der Waals surface area contributed by atoms with Crippen molar-refractivity contribution in [2.75, 3.05) is 5.73 Å². The lowest BCUT2D eigenvalue weighted by Gasteiger charge is -2.09. The van der Waals surface area contributed by atoms with Crippen LogP contribution in [0.5, 0.6) is 11.5 Å². The van der Waals surface area contributed by atoms with Crippen LogP contribution in [-0.4, -0.2) is 27.1 Å². The molecule has 6 nitrogen and oxygen atoms in total. The lowest BCUT2D eigenvalue weighted by Crippen LogP contribution is -2.08. The Morgan fingerprint density at radius 2 is 1.50 bits per heavy atom. The minimum absolute atomic E-state index is 0.00900. The van der Waals surface area contributed by atoms with Gasteiger partial charge >= 0.3 is 5.97 Å². The van der Waals surface area contributed by atoms with Gasteiger partial charge in [-0.15, -0.1) is 0 Å². The van der Waals surface area contributed by atoms with Gasteiger partial charge in [-0.1, -0.05) is 12.1 Å². The number of nitrogen functional groups attached to an aromatic ring is 1. The highest BCUT2D eigenvalue weighted by molar-refractivity contribution is 6.14. The second kappa shape index (κ2) is 4.93. The smallest absolute Gasteiger partial charge is 0.337 e. The van der Waals surface area contributed by atoms with Crippen molar-refractivity contribution in [3.63, 3.8) is 0 Å². The Balaban J connectivity index is 2.55. The van der Waals surface area contributed by atoms with E-state index in [1.807, 2.05) is 0 Å². The summed E-state index contributed by atoms with van der Waals surface area (Å²) in [6, 6.07) is 8.11. The van der Waals surface area contributed by atoms with Gasteiger partial charge < -0.3 is 21.1 Å². The Labute approximate surface area is 113 Å². The molecule has 102 valence electrons. The number of nitrogens with two attached hydrogens (primary N) is 1. The summed E-state index contributed by atoms with van der Waals surface area (Å²) >= 11 is 0. The fraction of sp³-hybridized carbons (Fsp3) is 0. The van der Waals surface area contributed by atoms with Crippen molar-refractivity contribution in [3.05, 3.63) is 53.1 Å². The van der Waals surface area contributed by atoms with E-state index in [1.165, 1.54) is 12.1 Å². The molecule has 2 aromatic carbocycles. The summed E-state index contributed by atoms with van der Waals surface area (Å²) in [6.07, 6.45) is 0. The molecule has 0 aromatic heterocycles. The molecule has 2 rings (SSSR count). The van der Waals surface area contributed by atoms with Crippen molar-refractivity contribution in [2.24, 2.45) is 0 Å². The third kappa shape index (κ3) is 2.14. The highest BCUT2D eigenvalue weighted by Crippen LogP contribution is 2.31. The number of carboxylic acids is 1. The fourth-order valence-electron chi connectivity index (χ4n) is 1.79. The predicted molar refractivity (Wildman–Crippen MR) is 71.0 cm³/mol. The number of phenols is 2. The first-order chi connectivity index (χ1) is 9.43. The van der Waals surface area contributed by atoms with E-state index >= 15 is 0 Å². The van der Waals surface area contributed by atoms with Crippen molar-refractivity contribution >= 4 is 17.4 Å². The Bertz CT molecular complexity index is 709. The topological polar surface area (TPSA) is 121 Å². The number of para-hydroxylation sites is 1. The molecule has 0 bridgehead atoms. The quantitative estimate of drug-likeness (QED) is 0.383. The van der Waals surface area contributed by atoms with E-state index < -0.39 is 23.2 Å². The average molecular weight is 273 g/mol. The van der Waals surface area contributed by atoms with Crippen LogP contribution in [0.1, 0.15) is 26.3 Å². The van der Waals surface area contributed by atoms with E-state index in [0.29, 0.717) is 0 Å². The van der Waals surface area contributed by atoms with Crippen molar-refractivity contribution in [3.8, 4) is 11.5 Å². The summed E-state index contributed by atoms with van der Waals surface area (Å²) in [6.45, 7) is 0. The first-order valence-corrected chi connectivity index (χ1v) is 5.61. The number of phenolic OH excluding ortho intramolecular Hbond substituents is 2. The number of hydrogen-bond acceptors (Lipinski definition) is 5. The van der Waals surface area contributed by atoms with Crippen LogP contribution in [0.3, 0.4) is 0 Å². The number of ketones is 1. The number of carboxylic acid groups (broad SMARTS) is 1. The van der Waals surface area contributed by atoms with Gasteiger partial charge in [0.15, 0.2) is 5.75 Å². The average Bonchev–Trinajstić information content (AvgIpc) is 2.41. The molecule has 0 saturated heterocycles. The molecule has 20 heavy (non-hydrogen) atoms. The van der Waals surface area contributed by atoms with Gasteiger partial charge in [-0.05, 0) is 24.3 Å². The number of rotatable bonds is 3. The van der Waals surface area contributed by atoms with E-state index in [4.69, 9.17) is 10.8 Å². The van der Waals surface area contributed by atoms with Gasteiger partial charge in [0.1, 0.15) is 5.75 Å². The van der Waals surface area contributed by atoms with Gasteiger partial charge in [0.25, 0.3) is 0 Å². The molecule has 0 saturated carbocycles. The minimum Gasteiger partial charge on any atom is -0.507 e. The number of anilines is 1. The normalized spacial score (nSPS) is 10.2. The van der Waals surface area contributed by atoms with E-state index in [1.54, 1.807) is 12.1 Å². The molecule has 0 spiro atoms. The summed E-state index contributed by atoms with van der Waals surface area (Å²) < 4.78 is 0. The van der Waals surface area contributed by atoms with Crippen LogP contribution < -0.4 is 5.73 Å². The van der Waals surface area contributed by atoms with E-state index in [9.17, 15) is 19.8 Å². The maximum absolute atomic E-state index is 12.2. The van der Waals surface area contributed by atoms with Gasteiger partial charge in [-0.25, -0.2) is 4.79 Å². The number of aromatic hydroxyl groups is 2. The summed E-state index contributed by atoms with van der Waals surface area (Å²) in [7, 11) is 0. The highest BCUT2D eigenvalue weighted by atomic mass is 16.4. The lowest BCUT2D eigenvalue weighted by atomic mass is 9.99. The number of benzene rings is 2. The van der Waals surface area contributed by atoms with Crippen LogP contribution in [0.25, 0.3) is 0 Å². The summed E-state index contributed by atoms with van der Waals surface area (Å²) in [5.41, 5.74) is 4.63. The summed E-state index contributed by atoms with van der Waals surface area (Å²) in [5, 5.41) is 28.3. The van der Waals surface area contributed by atoms with Gasteiger partial charge in [0.2, 0.25) is 5.78 Å². The van der Waals surface area contributed by atoms with Crippen LogP contribution in [0.2, 0.25) is 0 Å². The van der Waals surface area contributed by atoms with Crippen molar-refractivity contribution in [1.82, 2.24) is 0 Å². The van der Waals surface area contributed by atoms with E-state index in [-0.39, 0.29) is 22.4 Å². The third-order valence-electron chi connectivity index (χ3n) is 2.84. The third-order valence-corrected chi connectivity index (χ3v) is 2.84. The van der Waals surface area contributed by atoms with Crippen LogP contribution in [0.4, 0.5) is 5.69 Å². The zero-order chi connectivity index (χ0) is 14.9. The van der Waals surface area contributed by atoms with Crippen LogP contribution >= 0.6 is 0 Å². The Morgan fingerprint density at radius 1 is 0.900 bits per heavy atom. The largest absolute Gasteiger partial charge is 0.507 e. The molecule has 0 aliphatic heterocycles. The highest BCUT2D eigenvalue weighted by Gasteiger charge is 2.21. The molecule has 0 unspecified atom stereocenters. The molecule has 2 aromatic rings. The second-order valence-corrected chi connectivity index (χ2v) is 4.07. The number of aromatic carboxylic acids is 1. The van der Waals surface area contributed by atoms with Gasteiger partial charge in [-0.2, -0.15) is 0 Å². The number of carbonyl (C=O) groups excluding carboxylic acids is 1. The van der Waals surface area contributed by atoms with Crippen LogP contribution in [-0.2, 0) is 0 Å². The van der Waals surface area contributed by atoms with Gasteiger partial charge in [0, 0.05) is 0 Å². The first kappa shape index (κ1) is 13.4. The molecule has 0 radical (unpaired) electrons. The Hall–Kier alpha value is -3.02. The molecule has 6 heteroatoms. The molecule has 0 fully saturated rings. The molecular weight excluding hydrogens is 262 g/mol. The molecule has 0 atom stereocenters. The summed E-state index contributed by atoms with van der Waals surface area (Å²) in [4.78, 5) is 23.1. The molecule has 0 amide bonds. The SMILES string of the molecule is Nc1c(C(=O)O)ccc(C(=O)c2ccccc2O)c1O. The van der Waals surface area contributed by atoms with Crippen molar-refractivity contribution < 1.29 is 24.9 Å². The maximum Gasteiger partial charge on any atom is 0.337 e. The Kier molecular flexibility index (Phi) is 3.30. The molecule has 0 aliphatic carbocycles. The zero-order valence-electron chi connectivity index (χ0n) is 10.2. The van der Waals surface area contributed by atoms with Gasteiger partial charge in [-0.3, -0.25) is 4.79 Å². The van der Waals surface area contributed by atoms with E-state index in [0.717, 1.165) is 12.1 Å². The standard InChI is InChI=1S/C14H11NO5/c15-11-8(14(19)20)5-6-9(13(11)18)12(17)7-3-1-2-4-10(7)16/h1-6,16,18H,15H2,(H,19,20). The maximum atomic E-state index is 12.2. The molecule has 5 N–H and O–H groups in total. The summed E-state index contributed by atoms with van der Waals surface area (Å²) in [5.74, 6) is -2.81. The van der Waals surface area contributed by atoms with Crippen LogP contribution in [0.15, 0.2) is 36.4 Å². The van der Waals surface area contributed by atoms with Crippen molar-refractivity contribution in [1.29, 1.82) is 0 Å². The molecular formula is C14H11NO5. The minimum atomic E-state index is -1.31. The second-order valence-electron chi connectivity index (χ2n) is 4.07. The molecule has 0 heterocycles. The lowest BCUT2D eigenvalue weighted by molar-refractivity contribution is 0.0697. The zero-order valence-corrected chi connectivity index (χ0v) is 10.2. The fourth-order valence-corrected chi connectivity index (χ4v) is 1.79. The Morgan fingerprint density at radius 3 is 2.10 bits per heavy atom. The van der Waals surface area contributed by atoms with Crippen LogP contribution in [0, 0.1) is 0 Å². The first-order valence-electron chi connectivity index (χ1n) is 5.61. The monoisotopic (exact) mass is 273 g/mol.